The van der Waals surface area contributed by atoms with Gasteiger partial charge in [0.15, 0.2) is 5.60 Å². The van der Waals surface area contributed by atoms with Crippen LogP contribution < -0.4 is 0 Å². The molecule has 2 unspecified atom stereocenters. The van der Waals surface area contributed by atoms with Gasteiger partial charge >= 0.3 is 17.9 Å². The van der Waals surface area contributed by atoms with E-state index in [1.54, 1.807) is 0 Å². The van der Waals surface area contributed by atoms with Gasteiger partial charge in [-0.3, -0.25) is 9.59 Å². The van der Waals surface area contributed by atoms with E-state index in [-0.39, 0.29) is 6.42 Å². The summed E-state index contributed by atoms with van der Waals surface area (Å²) in [6.45, 7) is 2.10. The van der Waals surface area contributed by atoms with E-state index >= 15 is 0 Å². The molecule has 7 heteroatoms. The molecule has 0 saturated carbocycles. The third-order valence-corrected chi connectivity index (χ3v) is 3.76. The van der Waals surface area contributed by atoms with Gasteiger partial charge in [-0.15, -0.1) is 0 Å². The zero-order chi connectivity index (χ0) is 17.2. The fraction of sp³-hybridized carbons (Fsp3) is 0.800. The minimum atomic E-state index is -2.78. The molecule has 0 saturated heterocycles. The molecule has 0 aliphatic carbocycles. The molecule has 0 aromatic rings. The first-order valence-electron chi connectivity index (χ1n) is 7.66. The third kappa shape index (κ3) is 6.89. The normalized spacial score (nSPS) is 15.0. The quantitative estimate of drug-likeness (QED) is 0.382. The largest absolute Gasteiger partial charge is 0.481 e. The van der Waals surface area contributed by atoms with Crippen molar-refractivity contribution in [3.8, 4) is 0 Å². The molecule has 4 N–H and O–H groups in total. The standard InChI is InChI=1S/C15H26O7/c1-2-3-4-5-6-7-8-9-11(13(18)19)15(22,14(20)21)10-12(16)17/h11,22H,2-10H2,1H3,(H,16,17)(H,18,19)(H,20,21). The molecule has 0 aromatic carbocycles. The van der Waals surface area contributed by atoms with Crippen LogP contribution in [0.25, 0.3) is 0 Å². The van der Waals surface area contributed by atoms with Crippen molar-refractivity contribution < 1.29 is 34.8 Å². The van der Waals surface area contributed by atoms with E-state index in [1.807, 2.05) is 0 Å². The lowest BCUT2D eigenvalue weighted by molar-refractivity contribution is -0.179. The Morgan fingerprint density at radius 3 is 1.82 bits per heavy atom. The van der Waals surface area contributed by atoms with E-state index in [1.165, 1.54) is 0 Å². The van der Waals surface area contributed by atoms with Crippen LogP contribution in [0.4, 0.5) is 0 Å². The average molecular weight is 318 g/mol. The van der Waals surface area contributed by atoms with Crippen molar-refractivity contribution in [1.29, 1.82) is 0 Å². The number of aliphatic carboxylic acids is 3. The van der Waals surface area contributed by atoms with Crippen LogP contribution in [0, 0.1) is 5.92 Å². The summed E-state index contributed by atoms with van der Waals surface area (Å²) in [6, 6.07) is 0. The first kappa shape index (κ1) is 20.4. The highest BCUT2D eigenvalue weighted by Crippen LogP contribution is 2.28. The molecular weight excluding hydrogens is 292 g/mol. The van der Waals surface area contributed by atoms with Gasteiger partial charge in [0.25, 0.3) is 0 Å². The number of hydrogen-bond acceptors (Lipinski definition) is 4. The predicted octanol–water partition coefficient (Wildman–Crippen LogP) is 2.12. The van der Waals surface area contributed by atoms with Crippen molar-refractivity contribution >= 4 is 17.9 Å². The fourth-order valence-corrected chi connectivity index (χ4v) is 2.45. The Hall–Kier alpha value is -1.63. The second kappa shape index (κ2) is 10.2. The highest BCUT2D eigenvalue weighted by atomic mass is 16.4. The number of hydrogen-bond donors (Lipinski definition) is 4. The Kier molecular flexibility index (Phi) is 9.40. The molecule has 2 atom stereocenters. The Labute approximate surface area is 130 Å². The molecule has 7 nitrogen and oxygen atoms in total. The van der Waals surface area contributed by atoms with Gasteiger partial charge in [-0.2, -0.15) is 0 Å². The Bertz CT molecular complexity index is 380. The molecule has 0 aliphatic heterocycles. The number of carbonyl (C=O) groups is 3. The van der Waals surface area contributed by atoms with Gasteiger partial charge in [0.2, 0.25) is 0 Å². The van der Waals surface area contributed by atoms with Crippen LogP contribution in [-0.4, -0.2) is 43.9 Å². The predicted molar refractivity (Wildman–Crippen MR) is 78.6 cm³/mol. The van der Waals surface area contributed by atoms with E-state index < -0.39 is 35.8 Å². The number of carboxylic acids is 3. The molecule has 0 heterocycles. The van der Waals surface area contributed by atoms with E-state index in [2.05, 4.69) is 6.92 Å². The summed E-state index contributed by atoms with van der Waals surface area (Å²) < 4.78 is 0. The molecule has 0 fully saturated rings. The molecule has 0 spiro atoms. The van der Waals surface area contributed by atoms with E-state index in [9.17, 15) is 19.5 Å². The molecule has 0 rings (SSSR count). The summed E-state index contributed by atoms with van der Waals surface area (Å²) in [5.74, 6) is -6.48. The minimum absolute atomic E-state index is 0.0564. The second-order valence-electron chi connectivity index (χ2n) is 5.60. The zero-order valence-electron chi connectivity index (χ0n) is 13.0. The van der Waals surface area contributed by atoms with Crippen LogP contribution in [0.15, 0.2) is 0 Å². The van der Waals surface area contributed by atoms with Crippen LogP contribution in [0.2, 0.25) is 0 Å². The van der Waals surface area contributed by atoms with E-state index in [4.69, 9.17) is 15.3 Å². The van der Waals surface area contributed by atoms with Gasteiger partial charge in [0.1, 0.15) is 0 Å². The molecule has 22 heavy (non-hydrogen) atoms. The number of rotatable bonds is 13. The number of unbranched alkanes of at least 4 members (excludes halogenated alkanes) is 6. The molecule has 0 amide bonds. The Morgan fingerprint density at radius 2 is 1.41 bits per heavy atom. The molecule has 0 bridgehead atoms. The SMILES string of the molecule is CCCCCCCCCC(C(=O)O)C(O)(CC(=O)O)C(=O)O. The summed E-state index contributed by atoms with van der Waals surface area (Å²) in [5, 5.41) is 36.9. The van der Waals surface area contributed by atoms with Crippen molar-refractivity contribution in [2.24, 2.45) is 5.92 Å². The lowest BCUT2D eigenvalue weighted by Gasteiger charge is -2.28. The maximum Gasteiger partial charge on any atom is 0.337 e. The maximum atomic E-state index is 11.2. The van der Waals surface area contributed by atoms with Crippen LogP contribution in [0.1, 0.15) is 64.7 Å². The van der Waals surface area contributed by atoms with E-state index in [0.717, 1.165) is 38.5 Å². The lowest BCUT2D eigenvalue weighted by Crippen LogP contribution is -2.50. The van der Waals surface area contributed by atoms with Crippen molar-refractivity contribution in [1.82, 2.24) is 0 Å². The highest BCUT2D eigenvalue weighted by molar-refractivity contribution is 5.89. The summed E-state index contributed by atoms with van der Waals surface area (Å²) in [7, 11) is 0. The second-order valence-corrected chi connectivity index (χ2v) is 5.60. The average Bonchev–Trinajstić information content (AvgIpc) is 2.40. The first-order chi connectivity index (χ1) is 10.3. The fourth-order valence-electron chi connectivity index (χ4n) is 2.45. The van der Waals surface area contributed by atoms with Gasteiger partial charge in [-0.05, 0) is 6.42 Å². The first-order valence-corrected chi connectivity index (χ1v) is 7.66. The van der Waals surface area contributed by atoms with Crippen LogP contribution >= 0.6 is 0 Å². The van der Waals surface area contributed by atoms with Crippen molar-refractivity contribution in [3.63, 3.8) is 0 Å². The molecule has 0 radical (unpaired) electrons. The Balaban J connectivity index is 4.54. The molecular formula is C15H26O7. The number of carboxylic acid groups (broad SMARTS) is 3. The highest BCUT2D eigenvalue weighted by Gasteiger charge is 2.49. The van der Waals surface area contributed by atoms with Gasteiger partial charge in [-0.1, -0.05) is 51.9 Å². The summed E-state index contributed by atoms with van der Waals surface area (Å²) in [4.78, 5) is 33.1. The zero-order valence-corrected chi connectivity index (χ0v) is 13.0. The number of aliphatic hydroxyl groups is 1. The molecule has 0 aromatic heterocycles. The van der Waals surface area contributed by atoms with Crippen LogP contribution in [0.3, 0.4) is 0 Å². The monoisotopic (exact) mass is 318 g/mol. The maximum absolute atomic E-state index is 11.2. The van der Waals surface area contributed by atoms with Crippen molar-refractivity contribution in [3.05, 3.63) is 0 Å². The summed E-state index contributed by atoms with van der Waals surface area (Å²) in [5.41, 5.74) is -2.78. The van der Waals surface area contributed by atoms with Gasteiger partial charge < -0.3 is 20.4 Å². The van der Waals surface area contributed by atoms with Crippen molar-refractivity contribution in [2.75, 3.05) is 0 Å². The molecule has 128 valence electrons. The van der Waals surface area contributed by atoms with Crippen LogP contribution in [-0.2, 0) is 14.4 Å². The van der Waals surface area contributed by atoms with Gasteiger partial charge in [0, 0.05) is 0 Å². The van der Waals surface area contributed by atoms with Gasteiger partial charge in [-0.25, -0.2) is 4.79 Å². The van der Waals surface area contributed by atoms with Gasteiger partial charge in [0.05, 0.1) is 12.3 Å². The lowest BCUT2D eigenvalue weighted by atomic mass is 9.81. The minimum Gasteiger partial charge on any atom is -0.481 e. The van der Waals surface area contributed by atoms with Crippen molar-refractivity contribution in [2.45, 2.75) is 70.3 Å². The molecule has 0 aliphatic rings. The topological polar surface area (TPSA) is 132 Å². The Morgan fingerprint density at radius 1 is 0.909 bits per heavy atom. The smallest absolute Gasteiger partial charge is 0.337 e. The third-order valence-electron chi connectivity index (χ3n) is 3.76. The summed E-state index contributed by atoms with van der Waals surface area (Å²) in [6.07, 6.45) is 5.32. The van der Waals surface area contributed by atoms with E-state index in [0.29, 0.717) is 6.42 Å². The van der Waals surface area contributed by atoms with Crippen LogP contribution in [0.5, 0.6) is 0 Å². The summed E-state index contributed by atoms with van der Waals surface area (Å²) >= 11 is 0.